The number of aromatic nitrogens is 1. The van der Waals surface area contributed by atoms with Gasteiger partial charge >= 0.3 is 0 Å². The molecule has 1 unspecified atom stereocenters. The zero-order valence-electron chi connectivity index (χ0n) is 12.6. The van der Waals surface area contributed by atoms with E-state index in [-0.39, 0.29) is 24.3 Å². The number of nitrogens with zero attached hydrogens (tertiary/aromatic N) is 2. The van der Waals surface area contributed by atoms with Crippen LogP contribution in [0.1, 0.15) is 12.5 Å². The summed E-state index contributed by atoms with van der Waals surface area (Å²) in [6.07, 6.45) is 2.27. The summed E-state index contributed by atoms with van der Waals surface area (Å²) in [4.78, 5) is 23.7. The Morgan fingerprint density at radius 1 is 1.41 bits per heavy atom. The Bertz CT molecular complexity index is 776. The van der Waals surface area contributed by atoms with Crippen LogP contribution in [0.2, 0.25) is 0 Å². The predicted molar refractivity (Wildman–Crippen MR) is 84.4 cm³/mol. The molecule has 1 aromatic carbocycles. The second-order valence-corrected chi connectivity index (χ2v) is 5.55. The molecule has 1 aliphatic heterocycles. The van der Waals surface area contributed by atoms with Gasteiger partial charge in [-0.1, -0.05) is 18.2 Å². The first-order valence-electron chi connectivity index (χ1n) is 7.20. The zero-order valence-corrected chi connectivity index (χ0v) is 12.6. The molecule has 0 saturated carbocycles. The minimum absolute atomic E-state index is 0.0937. The molecule has 0 saturated heterocycles. The van der Waals surface area contributed by atoms with E-state index < -0.39 is 0 Å². The first-order valence-corrected chi connectivity index (χ1v) is 7.20. The highest BCUT2D eigenvalue weighted by atomic mass is 16.2. The van der Waals surface area contributed by atoms with Crippen molar-refractivity contribution in [1.82, 2.24) is 15.3 Å². The molecular formula is C16H18N4O2. The highest BCUT2D eigenvalue weighted by molar-refractivity contribution is 6.07. The first kappa shape index (κ1) is 14.3. The molecule has 0 bridgehead atoms. The maximum Gasteiger partial charge on any atom is 0.250 e. The summed E-state index contributed by atoms with van der Waals surface area (Å²) < 4.78 is 2.01. The van der Waals surface area contributed by atoms with E-state index in [0.717, 1.165) is 16.5 Å². The summed E-state index contributed by atoms with van der Waals surface area (Å²) in [7, 11) is 1.96. The number of nitrogens with one attached hydrogen (secondary N) is 2. The number of hydrogen-bond acceptors (Lipinski definition) is 3. The van der Waals surface area contributed by atoms with Crippen molar-refractivity contribution in [3.05, 3.63) is 36.0 Å². The van der Waals surface area contributed by atoms with E-state index in [1.165, 1.54) is 0 Å². The highest BCUT2D eigenvalue weighted by Gasteiger charge is 2.27. The summed E-state index contributed by atoms with van der Waals surface area (Å²) in [5.74, 6) is -0.622. The smallest absolute Gasteiger partial charge is 0.250 e. The van der Waals surface area contributed by atoms with E-state index in [1.54, 1.807) is 6.92 Å². The average molecular weight is 298 g/mol. The molecule has 2 aromatic rings. The molecule has 1 aromatic heterocycles. The van der Waals surface area contributed by atoms with E-state index in [1.807, 2.05) is 42.1 Å². The van der Waals surface area contributed by atoms with Gasteiger partial charge in [-0.15, -0.1) is 0 Å². The quantitative estimate of drug-likeness (QED) is 0.882. The zero-order chi connectivity index (χ0) is 15.7. The minimum Gasteiger partial charge on any atom is -0.355 e. The molecule has 2 N–H and O–H groups in total. The molecule has 114 valence electrons. The molecular weight excluding hydrogens is 280 g/mol. The predicted octanol–water partition coefficient (Wildman–Crippen LogP) is 0.959. The van der Waals surface area contributed by atoms with Crippen LogP contribution in [-0.4, -0.2) is 28.6 Å². The van der Waals surface area contributed by atoms with Gasteiger partial charge in [0.05, 0.1) is 12.3 Å². The van der Waals surface area contributed by atoms with Gasteiger partial charge in [-0.3, -0.25) is 9.59 Å². The second kappa shape index (κ2) is 5.63. The van der Waals surface area contributed by atoms with E-state index in [9.17, 15) is 9.59 Å². The number of benzene rings is 1. The fraction of sp³-hybridized carbons (Fsp3) is 0.312. The molecule has 1 aliphatic rings. The second-order valence-electron chi connectivity index (χ2n) is 5.55. The van der Waals surface area contributed by atoms with Crippen LogP contribution in [0, 0.1) is 5.92 Å². The summed E-state index contributed by atoms with van der Waals surface area (Å²) in [6, 6.07) is 7.98. The van der Waals surface area contributed by atoms with Gasteiger partial charge in [0.2, 0.25) is 5.91 Å². The number of carbonyl (C=O) groups excluding carboxylic acids is 2. The average Bonchev–Trinajstić information content (AvgIpc) is 2.99. The summed E-state index contributed by atoms with van der Waals surface area (Å²) in [5, 5.41) is 7.77. The Morgan fingerprint density at radius 2 is 2.18 bits per heavy atom. The molecule has 0 fully saturated rings. The fourth-order valence-corrected chi connectivity index (χ4v) is 2.75. The highest BCUT2D eigenvalue weighted by Crippen LogP contribution is 2.20. The molecule has 2 heterocycles. The monoisotopic (exact) mass is 298 g/mol. The molecule has 2 amide bonds. The maximum atomic E-state index is 12.1. The van der Waals surface area contributed by atoms with Crippen LogP contribution < -0.4 is 10.7 Å². The van der Waals surface area contributed by atoms with Crippen molar-refractivity contribution >= 4 is 28.4 Å². The van der Waals surface area contributed by atoms with Crippen molar-refractivity contribution in [2.75, 3.05) is 6.54 Å². The van der Waals surface area contributed by atoms with Gasteiger partial charge in [0, 0.05) is 36.4 Å². The number of amides is 2. The molecule has 22 heavy (non-hydrogen) atoms. The Hall–Kier alpha value is -2.63. The standard InChI is InChI=1S/C16H18N4O2/c1-10-13(16(22)19-18-10)8-17-15(21)7-11-9-20(2)14-6-4-3-5-12(11)14/h3-6,9,13H,7-8H2,1-2H3,(H,17,21)(H,19,22). The number of hydrogen-bond donors (Lipinski definition) is 2. The Labute approximate surface area is 128 Å². The van der Waals surface area contributed by atoms with Gasteiger partial charge in [-0.25, -0.2) is 5.43 Å². The van der Waals surface area contributed by atoms with Crippen molar-refractivity contribution in [2.45, 2.75) is 13.3 Å². The summed E-state index contributed by atoms with van der Waals surface area (Å²) >= 11 is 0. The molecule has 1 atom stereocenters. The third kappa shape index (κ3) is 2.59. The number of rotatable bonds is 4. The van der Waals surface area contributed by atoms with E-state index in [4.69, 9.17) is 0 Å². The lowest BCUT2D eigenvalue weighted by Crippen LogP contribution is -2.36. The van der Waals surface area contributed by atoms with Gasteiger partial charge in [-0.2, -0.15) is 5.10 Å². The van der Waals surface area contributed by atoms with Crippen molar-refractivity contribution < 1.29 is 9.59 Å². The maximum absolute atomic E-state index is 12.1. The van der Waals surface area contributed by atoms with Crippen molar-refractivity contribution in [3.8, 4) is 0 Å². The van der Waals surface area contributed by atoms with Crippen LogP contribution in [-0.2, 0) is 23.1 Å². The first-order chi connectivity index (χ1) is 10.6. The lowest BCUT2D eigenvalue weighted by Gasteiger charge is -2.09. The van der Waals surface area contributed by atoms with Crippen LogP contribution in [0.5, 0.6) is 0 Å². The van der Waals surface area contributed by atoms with Crippen LogP contribution in [0.25, 0.3) is 10.9 Å². The van der Waals surface area contributed by atoms with Crippen molar-refractivity contribution in [2.24, 2.45) is 18.1 Å². The van der Waals surface area contributed by atoms with Crippen LogP contribution in [0.3, 0.4) is 0 Å². The number of hydrazone groups is 1. The van der Waals surface area contributed by atoms with E-state index in [0.29, 0.717) is 12.1 Å². The third-order valence-corrected chi connectivity index (χ3v) is 4.00. The topological polar surface area (TPSA) is 75.5 Å². The molecule has 6 heteroatoms. The SMILES string of the molecule is CC1=NNC(=O)C1CNC(=O)Cc1cn(C)c2ccccc12. The Balaban J connectivity index is 1.66. The van der Waals surface area contributed by atoms with E-state index >= 15 is 0 Å². The number of fused-ring (bicyclic) bond motifs is 1. The summed E-state index contributed by atoms with van der Waals surface area (Å²) in [6.45, 7) is 2.06. The molecule has 0 radical (unpaired) electrons. The minimum atomic E-state index is -0.364. The van der Waals surface area contributed by atoms with Gasteiger partial charge in [0.1, 0.15) is 0 Å². The van der Waals surface area contributed by atoms with Gasteiger partial charge < -0.3 is 9.88 Å². The normalized spacial score (nSPS) is 17.5. The Kier molecular flexibility index (Phi) is 3.66. The van der Waals surface area contributed by atoms with Crippen LogP contribution in [0.4, 0.5) is 0 Å². The molecule has 0 aliphatic carbocycles. The molecule has 3 rings (SSSR count). The van der Waals surface area contributed by atoms with E-state index in [2.05, 4.69) is 15.8 Å². The lowest BCUT2D eigenvalue weighted by atomic mass is 10.0. The van der Waals surface area contributed by atoms with Gasteiger partial charge in [0.15, 0.2) is 0 Å². The lowest BCUT2D eigenvalue weighted by molar-refractivity contribution is -0.122. The van der Waals surface area contributed by atoms with Crippen LogP contribution in [0.15, 0.2) is 35.6 Å². The Morgan fingerprint density at radius 3 is 2.91 bits per heavy atom. The third-order valence-electron chi connectivity index (χ3n) is 4.00. The number of carbonyl (C=O) groups is 2. The molecule has 6 nitrogen and oxygen atoms in total. The van der Waals surface area contributed by atoms with Crippen LogP contribution >= 0.6 is 0 Å². The number of aryl methyl sites for hydroxylation is 1. The van der Waals surface area contributed by atoms with Crippen molar-refractivity contribution in [1.29, 1.82) is 0 Å². The largest absolute Gasteiger partial charge is 0.355 e. The fourth-order valence-electron chi connectivity index (χ4n) is 2.75. The summed E-state index contributed by atoms with van der Waals surface area (Å²) in [5.41, 5.74) is 5.20. The number of para-hydroxylation sites is 1. The van der Waals surface area contributed by atoms with Gasteiger partial charge in [-0.05, 0) is 18.6 Å². The van der Waals surface area contributed by atoms with Crippen molar-refractivity contribution in [3.63, 3.8) is 0 Å². The van der Waals surface area contributed by atoms with Gasteiger partial charge in [0.25, 0.3) is 5.91 Å². The molecule has 0 spiro atoms.